The molecule has 8 aliphatic rings. The summed E-state index contributed by atoms with van der Waals surface area (Å²) >= 11 is 0. The molecule has 2 unspecified atom stereocenters. The van der Waals surface area contributed by atoms with Gasteiger partial charge in [0.2, 0.25) is 5.60 Å². The molecule has 0 amide bonds. The number of fused-ring (bicyclic) bond motifs is 9. The first-order valence-corrected chi connectivity index (χ1v) is 19.6. The van der Waals surface area contributed by atoms with Crippen molar-refractivity contribution in [3.05, 3.63) is 0 Å². The van der Waals surface area contributed by atoms with E-state index in [0.29, 0.717) is 0 Å². The molecule has 0 bridgehead atoms. The Morgan fingerprint density at radius 2 is 1.58 bits per heavy atom. The van der Waals surface area contributed by atoms with Crippen molar-refractivity contribution in [3.8, 4) is 0 Å². The van der Waals surface area contributed by atoms with E-state index < -0.39 is 129 Å². The number of aliphatic hydroxyl groups is 2. The van der Waals surface area contributed by atoms with Gasteiger partial charge in [0, 0.05) is 43.9 Å². The summed E-state index contributed by atoms with van der Waals surface area (Å²) in [5.74, 6) is -8.00. The van der Waals surface area contributed by atoms with Crippen LogP contribution in [-0.2, 0) is 52.4 Å². The minimum atomic E-state index is -1.81. The number of carbonyl (C=O) groups is 5. The third-order valence-corrected chi connectivity index (χ3v) is 16.6. The first-order valence-electron chi connectivity index (χ1n) is 19.6. The summed E-state index contributed by atoms with van der Waals surface area (Å²) in [6, 6.07) is 0. The second kappa shape index (κ2) is 11.0. The number of ketones is 1. The third-order valence-electron chi connectivity index (χ3n) is 16.6. The minimum absolute atomic E-state index is 0.0202. The molecular formula is C40H56O13. The van der Waals surface area contributed by atoms with E-state index in [1.54, 1.807) is 13.8 Å². The number of rotatable bonds is 6. The zero-order valence-corrected chi connectivity index (χ0v) is 32.7. The summed E-state index contributed by atoms with van der Waals surface area (Å²) in [5, 5.41) is 25.1. The van der Waals surface area contributed by atoms with E-state index in [-0.39, 0.29) is 42.9 Å². The maximum absolute atomic E-state index is 14.4. The van der Waals surface area contributed by atoms with Gasteiger partial charge in [-0.25, -0.2) is 4.79 Å². The summed E-state index contributed by atoms with van der Waals surface area (Å²) in [6.45, 7) is 19.4. The zero-order valence-electron chi connectivity index (χ0n) is 32.7. The fourth-order valence-corrected chi connectivity index (χ4v) is 14.8. The summed E-state index contributed by atoms with van der Waals surface area (Å²) in [6.07, 6.45) is -4.41. The van der Waals surface area contributed by atoms with Crippen LogP contribution >= 0.6 is 0 Å². The van der Waals surface area contributed by atoms with E-state index in [2.05, 4.69) is 20.8 Å². The molecule has 0 aromatic carbocycles. The highest BCUT2D eigenvalue weighted by molar-refractivity contribution is 5.88. The first kappa shape index (κ1) is 37.3. The maximum atomic E-state index is 14.4. The van der Waals surface area contributed by atoms with Gasteiger partial charge in [-0.3, -0.25) is 19.2 Å². The van der Waals surface area contributed by atoms with Gasteiger partial charge >= 0.3 is 23.9 Å². The highest BCUT2D eigenvalue weighted by Gasteiger charge is 2.93. The van der Waals surface area contributed by atoms with E-state index in [9.17, 15) is 34.2 Å². The lowest BCUT2D eigenvalue weighted by Crippen LogP contribution is -2.78. The molecule has 3 aliphatic heterocycles. The predicted molar refractivity (Wildman–Crippen MR) is 182 cm³/mol. The van der Waals surface area contributed by atoms with Gasteiger partial charge in [0.25, 0.3) is 5.79 Å². The number of Topliss-reactive ketones (excluding diaryl/α,β-unsaturated/α-hetero) is 1. The second-order valence-electron chi connectivity index (χ2n) is 19.1. The van der Waals surface area contributed by atoms with E-state index in [4.69, 9.17) is 28.4 Å². The molecule has 53 heavy (non-hydrogen) atoms. The van der Waals surface area contributed by atoms with Crippen molar-refractivity contribution in [3.63, 3.8) is 0 Å². The van der Waals surface area contributed by atoms with Crippen molar-refractivity contribution >= 4 is 29.7 Å². The molecule has 13 nitrogen and oxygen atoms in total. The van der Waals surface area contributed by atoms with Gasteiger partial charge < -0.3 is 38.6 Å². The van der Waals surface area contributed by atoms with E-state index >= 15 is 0 Å². The Morgan fingerprint density at radius 3 is 2.17 bits per heavy atom. The number of hydrogen-bond donors (Lipinski definition) is 2. The third kappa shape index (κ3) is 4.10. The first-order chi connectivity index (χ1) is 24.5. The van der Waals surface area contributed by atoms with Gasteiger partial charge in [-0.1, -0.05) is 41.5 Å². The van der Waals surface area contributed by atoms with Gasteiger partial charge in [-0.2, -0.15) is 0 Å². The Kier molecular flexibility index (Phi) is 7.77. The molecule has 294 valence electrons. The van der Waals surface area contributed by atoms with Crippen LogP contribution in [0.4, 0.5) is 0 Å². The maximum Gasteiger partial charge on any atom is 0.353 e. The standard InChI is InChI=1S/C40H56O13/c1-15(2)12-25(44)51-37(11)34(46)53-40-33(52-40)17(4)28-29(36(37,40)10)16(3)27-26-22(13-24(35(27,28)9)48-20(7)42)39(19(6)41)32(45)31-23(50-31)14-38(39,47)18(5)30(26)49-21(8)43/h15-18,22-24,26-33,45,47H,12-14H2,1-11H3/t16-,17+,18-,22?,23+,24+,26?,27+,28+,29-,30+,31+,32+,33-,35+,36+,37-,38+,39+,40+/m1/s1. The van der Waals surface area contributed by atoms with Gasteiger partial charge in [-0.05, 0) is 68.6 Å². The van der Waals surface area contributed by atoms with Crippen LogP contribution < -0.4 is 0 Å². The number of ether oxygens (including phenoxy) is 6. The molecule has 1 spiro atoms. The Bertz CT molecular complexity index is 1680. The second-order valence-corrected chi connectivity index (χ2v) is 19.1. The molecule has 0 radical (unpaired) electrons. The molecule has 5 aliphatic carbocycles. The Hall–Kier alpha value is -2.61. The van der Waals surface area contributed by atoms with Crippen molar-refractivity contribution in [1.29, 1.82) is 0 Å². The number of carbonyl (C=O) groups excluding carboxylic acids is 5. The average molecular weight is 745 g/mol. The Morgan fingerprint density at radius 1 is 0.943 bits per heavy atom. The van der Waals surface area contributed by atoms with Crippen molar-refractivity contribution < 1.29 is 62.6 Å². The summed E-state index contributed by atoms with van der Waals surface area (Å²) in [7, 11) is 0. The number of epoxide rings is 2. The van der Waals surface area contributed by atoms with Crippen molar-refractivity contribution in [2.45, 2.75) is 149 Å². The van der Waals surface area contributed by atoms with Crippen LogP contribution in [0.5, 0.6) is 0 Å². The quantitative estimate of drug-likeness (QED) is 0.230. The largest absolute Gasteiger partial charge is 0.462 e. The topological polar surface area (TPSA) is 188 Å². The van der Waals surface area contributed by atoms with Crippen LogP contribution in [0.25, 0.3) is 0 Å². The highest BCUT2D eigenvalue weighted by Crippen LogP contribution is 2.82. The van der Waals surface area contributed by atoms with Gasteiger partial charge in [0.1, 0.15) is 30.2 Å². The lowest BCUT2D eigenvalue weighted by atomic mass is 9.37. The van der Waals surface area contributed by atoms with E-state index in [1.165, 1.54) is 20.8 Å². The Balaban J connectivity index is 1.35. The fraction of sp³-hybridized carbons (Fsp3) is 0.875. The molecule has 3 saturated heterocycles. The van der Waals surface area contributed by atoms with Crippen molar-refractivity contribution in [2.24, 2.45) is 69.5 Å². The van der Waals surface area contributed by atoms with Crippen LogP contribution in [0.15, 0.2) is 0 Å². The molecule has 8 rings (SSSR count). The summed E-state index contributed by atoms with van der Waals surface area (Å²) < 4.78 is 37.4. The number of hydrogen-bond acceptors (Lipinski definition) is 13. The highest BCUT2D eigenvalue weighted by atomic mass is 16.8. The lowest BCUT2D eigenvalue weighted by molar-refractivity contribution is -0.297. The Labute approximate surface area is 310 Å². The molecule has 13 heteroatoms. The molecule has 0 aromatic heterocycles. The lowest BCUT2D eigenvalue weighted by Gasteiger charge is -2.68. The normalized spacial score (nSPS) is 56.5. The monoisotopic (exact) mass is 744 g/mol. The van der Waals surface area contributed by atoms with Crippen LogP contribution in [-0.4, -0.2) is 93.5 Å². The molecule has 2 N–H and O–H groups in total. The van der Waals surface area contributed by atoms with Crippen LogP contribution in [0.3, 0.4) is 0 Å². The average Bonchev–Trinajstić information content (AvgIpc) is 3.93. The molecule has 20 atom stereocenters. The van der Waals surface area contributed by atoms with E-state index in [1.807, 2.05) is 20.8 Å². The zero-order chi connectivity index (χ0) is 38.9. The van der Waals surface area contributed by atoms with Gasteiger partial charge in [-0.15, -0.1) is 0 Å². The van der Waals surface area contributed by atoms with Crippen molar-refractivity contribution in [2.75, 3.05) is 0 Å². The molecule has 5 saturated carbocycles. The molecular weight excluding hydrogens is 688 g/mol. The summed E-state index contributed by atoms with van der Waals surface area (Å²) in [4.78, 5) is 68.1. The van der Waals surface area contributed by atoms with Crippen LogP contribution in [0, 0.1) is 69.5 Å². The molecule has 0 aromatic rings. The SMILES string of the molecule is CC(=O)O[C@@H]1C2C(C[C@H](OC(C)=O)[C@]3(C)[C@H]4[C@H](C)[C@H]5O[C@]56OC(=O)[C@@](C)(OC(=O)CC(C)C)[C@]6(C)[C@@H]4[C@H](C)[C@@H]23)[C@@]2(C(C)=O)[C@@H](O)[C@H]3O[C@H]3C[C@]2(O)[C@@H]1C. The van der Waals surface area contributed by atoms with Gasteiger partial charge in [0.05, 0.1) is 28.6 Å². The molecule has 3 heterocycles. The predicted octanol–water partition coefficient (Wildman–Crippen LogP) is 3.13. The smallest absolute Gasteiger partial charge is 0.353 e. The van der Waals surface area contributed by atoms with Crippen LogP contribution in [0.2, 0.25) is 0 Å². The van der Waals surface area contributed by atoms with Crippen molar-refractivity contribution in [1.82, 2.24) is 0 Å². The van der Waals surface area contributed by atoms with Crippen LogP contribution in [0.1, 0.15) is 95.4 Å². The number of esters is 4. The van der Waals surface area contributed by atoms with Gasteiger partial charge in [0.15, 0.2) is 0 Å². The summed E-state index contributed by atoms with van der Waals surface area (Å²) in [5.41, 5.74) is -7.35. The van der Waals surface area contributed by atoms with E-state index in [0.717, 1.165) is 0 Å². The molecule has 8 fully saturated rings. The number of aliphatic hydroxyl groups excluding tert-OH is 1. The minimum Gasteiger partial charge on any atom is -0.462 e. The fourth-order valence-electron chi connectivity index (χ4n) is 14.8.